The summed E-state index contributed by atoms with van der Waals surface area (Å²) in [4.78, 5) is 45.7. The van der Waals surface area contributed by atoms with Gasteiger partial charge in [-0.25, -0.2) is 15.0 Å². The summed E-state index contributed by atoms with van der Waals surface area (Å²) in [5, 5.41) is 3.02. The summed E-state index contributed by atoms with van der Waals surface area (Å²) < 4.78 is 51.6. The monoisotopic (exact) mass is 661 g/mol. The number of thiazole rings is 1. The molecule has 0 bridgehead atoms. The predicted molar refractivity (Wildman–Crippen MR) is 168 cm³/mol. The topological polar surface area (TPSA) is 113 Å². The highest BCUT2D eigenvalue weighted by atomic mass is 32.1. The van der Waals surface area contributed by atoms with Crippen molar-refractivity contribution in [2.75, 3.05) is 56.7 Å². The number of carbonyl (C=O) groups excluding carboxylic acids is 2. The summed E-state index contributed by atoms with van der Waals surface area (Å²) in [7, 11) is 1.20. The lowest BCUT2D eigenvalue weighted by Gasteiger charge is -2.37. The summed E-state index contributed by atoms with van der Waals surface area (Å²) in [5.74, 6) is -0.436. The summed E-state index contributed by atoms with van der Waals surface area (Å²) >= 11 is 1.23. The number of carbonyl (C=O) groups is 2. The number of halogens is 3. The summed E-state index contributed by atoms with van der Waals surface area (Å²) in [5.41, 5.74) is -0.150. The third kappa shape index (κ3) is 7.58. The molecule has 2 saturated heterocycles. The van der Waals surface area contributed by atoms with Gasteiger partial charge in [0.05, 0.1) is 37.4 Å². The Morgan fingerprint density at radius 3 is 2.50 bits per heavy atom. The summed E-state index contributed by atoms with van der Waals surface area (Å²) in [6.07, 6.45) is 0.380. The normalized spacial score (nSPS) is 18.4. The molecule has 0 spiro atoms. The molecule has 2 aliphatic heterocycles. The second-order valence-electron chi connectivity index (χ2n) is 11.3. The molecule has 2 aliphatic rings. The molecule has 11 nitrogen and oxygen atoms in total. The van der Waals surface area contributed by atoms with Crippen molar-refractivity contribution in [3.63, 3.8) is 0 Å². The molecule has 1 amide bonds. The van der Waals surface area contributed by atoms with Crippen molar-refractivity contribution in [2.45, 2.75) is 58.4 Å². The first kappa shape index (κ1) is 33.5. The molecule has 248 valence electrons. The maximum Gasteiger partial charge on any atom is 0.419 e. The zero-order valence-electron chi connectivity index (χ0n) is 26.3. The van der Waals surface area contributed by atoms with E-state index in [1.165, 1.54) is 36.9 Å². The molecule has 2 fully saturated rings. The number of piperazine rings is 1. The molecule has 1 aromatic carbocycles. The first-order chi connectivity index (χ1) is 22.0. The van der Waals surface area contributed by atoms with Gasteiger partial charge in [0.2, 0.25) is 0 Å². The zero-order chi connectivity index (χ0) is 33.0. The Hall–Kier alpha value is -3.82. The fraction of sp³-hybridized carbons (Fsp3) is 0.516. The van der Waals surface area contributed by atoms with Crippen LogP contribution in [-0.4, -0.2) is 95.2 Å². The smallest absolute Gasteiger partial charge is 0.419 e. The number of anilines is 2. The van der Waals surface area contributed by atoms with Crippen molar-refractivity contribution < 1.29 is 32.2 Å². The molecule has 1 N–H and O–H groups in total. The maximum absolute atomic E-state index is 13.8. The SMILES string of the molecule is CCOC(=O)C(C)N1CCN(c2cnc(C(=O)Nc3nc(-c4ccc(OC)c(C(F)(F)F)c4)c(CN4CCCC4C)s3)cn2)CC1. The van der Waals surface area contributed by atoms with E-state index in [9.17, 15) is 22.8 Å². The van der Waals surface area contributed by atoms with Gasteiger partial charge in [-0.1, -0.05) is 11.3 Å². The van der Waals surface area contributed by atoms with E-state index in [0.717, 1.165) is 30.3 Å². The van der Waals surface area contributed by atoms with Gasteiger partial charge in [-0.05, 0) is 58.4 Å². The van der Waals surface area contributed by atoms with Crippen LogP contribution < -0.4 is 15.0 Å². The fourth-order valence-corrected chi connectivity index (χ4v) is 6.74. The number of likely N-dealkylation sites (tertiary alicyclic amines) is 1. The molecule has 0 aliphatic carbocycles. The van der Waals surface area contributed by atoms with Crippen LogP contribution in [0.25, 0.3) is 11.3 Å². The lowest BCUT2D eigenvalue weighted by Crippen LogP contribution is -2.52. The highest BCUT2D eigenvalue weighted by Gasteiger charge is 2.35. The fourth-order valence-electron chi connectivity index (χ4n) is 5.74. The summed E-state index contributed by atoms with van der Waals surface area (Å²) in [6, 6.07) is 3.87. The minimum Gasteiger partial charge on any atom is -0.496 e. The number of esters is 1. The van der Waals surface area contributed by atoms with Crippen LogP contribution in [0.2, 0.25) is 0 Å². The molecule has 4 heterocycles. The van der Waals surface area contributed by atoms with Gasteiger partial charge in [-0.3, -0.25) is 24.7 Å². The number of hydrogen-bond donors (Lipinski definition) is 1. The molecule has 0 radical (unpaired) electrons. The Kier molecular flexibility index (Phi) is 10.4. The van der Waals surface area contributed by atoms with Crippen LogP contribution in [0.5, 0.6) is 5.75 Å². The summed E-state index contributed by atoms with van der Waals surface area (Å²) in [6.45, 7) is 10.0. The van der Waals surface area contributed by atoms with Crippen LogP contribution in [0.3, 0.4) is 0 Å². The van der Waals surface area contributed by atoms with Crippen molar-refractivity contribution in [2.24, 2.45) is 0 Å². The Balaban J connectivity index is 1.30. The number of benzene rings is 1. The van der Waals surface area contributed by atoms with Crippen molar-refractivity contribution in [1.82, 2.24) is 24.8 Å². The van der Waals surface area contributed by atoms with Gasteiger partial charge >= 0.3 is 12.1 Å². The molecule has 15 heteroatoms. The van der Waals surface area contributed by atoms with E-state index in [0.29, 0.717) is 56.9 Å². The molecule has 46 heavy (non-hydrogen) atoms. The van der Waals surface area contributed by atoms with Crippen LogP contribution in [0.1, 0.15) is 54.5 Å². The van der Waals surface area contributed by atoms with Gasteiger partial charge in [0.25, 0.3) is 5.91 Å². The van der Waals surface area contributed by atoms with E-state index < -0.39 is 17.6 Å². The second-order valence-corrected chi connectivity index (χ2v) is 12.4. The molecule has 3 aromatic rings. The van der Waals surface area contributed by atoms with E-state index >= 15 is 0 Å². The molecule has 2 atom stereocenters. The van der Waals surface area contributed by atoms with Gasteiger partial charge in [0.15, 0.2) is 5.13 Å². The molecule has 2 unspecified atom stereocenters. The quantitative estimate of drug-likeness (QED) is 0.300. The Morgan fingerprint density at radius 1 is 1.13 bits per heavy atom. The number of nitrogens with one attached hydrogen (secondary N) is 1. The van der Waals surface area contributed by atoms with E-state index in [4.69, 9.17) is 9.47 Å². The van der Waals surface area contributed by atoms with Crippen molar-refractivity contribution in [3.05, 3.63) is 46.7 Å². The minimum absolute atomic E-state index is 0.0774. The molecular formula is C31H38F3N7O4S. The Labute approximate surface area is 269 Å². The van der Waals surface area contributed by atoms with E-state index in [2.05, 4.69) is 37.0 Å². The van der Waals surface area contributed by atoms with E-state index in [-0.39, 0.29) is 34.1 Å². The number of ether oxygens (including phenoxy) is 2. The van der Waals surface area contributed by atoms with Gasteiger partial charge in [0, 0.05) is 49.2 Å². The molecule has 5 rings (SSSR count). The molecule has 2 aromatic heterocycles. The lowest BCUT2D eigenvalue weighted by atomic mass is 10.1. The van der Waals surface area contributed by atoms with Crippen molar-refractivity contribution >= 4 is 34.2 Å². The zero-order valence-corrected chi connectivity index (χ0v) is 27.1. The number of aromatic nitrogens is 3. The van der Waals surface area contributed by atoms with Gasteiger partial charge in [-0.15, -0.1) is 0 Å². The maximum atomic E-state index is 13.8. The van der Waals surface area contributed by atoms with Crippen LogP contribution in [0, 0.1) is 0 Å². The van der Waals surface area contributed by atoms with Crippen molar-refractivity contribution in [1.29, 1.82) is 0 Å². The average Bonchev–Trinajstić information content (AvgIpc) is 3.65. The second kappa shape index (κ2) is 14.3. The van der Waals surface area contributed by atoms with Gasteiger partial charge in [0.1, 0.15) is 23.3 Å². The minimum atomic E-state index is -4.61. The lowest BCUT2D eigenvalue weighted by molar-refractivity contribution is -0.149. The standard InChI is InChI=1S/C31H38F3N7O4S/c1-5-45-29(43)20(3)39-11-13-40(14-12-39)26-17-35-23(16-36-26)28(42)38-30-37-27(25(46-30)18-41-10-6-7-19(41)2)21-8-9-24(44-4)22(15-21)31(32,33)34/h8-9,15-17,19-20H,5-7,10-14,18H2,1-4H3,(H,37,38,42). The number of rotatable bonds is 10. The predicted octanol–water partition coefficient (Wildman–Crippen LogP) is 4.94. The Bertz CT molecular complexity index is 1530. The Morgan fingerprint density at radius 2 is 1.89 bits per heavy atom. The van der Waals surface area contributed by atoms with Crippen molar-refractivity contribution in [3.8, 4) is 17.0 Å². The third-order valence-electron chi connectivity index (χ3n) is 8.42. The first-order valence-electron chi connectivity index (χ1n) is 15.3. The highest BCUT2D eigenvalue weighted by Crippen LogP contribution is 2.41. The van der Waals surface area contributed by atoms with Crippen LogP contribution >= 0.6 is 11.3 Å². The van der Waals surface area contributed by atoms with Crippen LogP contribution in [-0.2, 0) is 22.3 Å². The third-order valence-corrected chi connectivity index (χ3v) is 9.37. The number of alkyl halides is 3. The van der Waals surface area contributed by atoms with Gasteiger partial charge in [-0.2, -0.15) is 13.2 Å². The first-order valence-corrected chi connectivity index (χ1v) is 16.1. The van der Waals surface area contributed by atoms with Crippen LogP contribution in [0.15, 0.2) is 30.6 Å². The number of nitrogens with zero attached hydrogens (tertiary/aromatic N) is 6. The van der Waals surface area contributed by atoms with Gasteiger partial charge < -0.3 is 14.4 Å². The largest absolute Gasteiger partial charge is 0.496 e. The van der Waals surface area contributed by atoms with Crippen LogP contribution in [0.4, 0.5) is 24.1 Å². The average molecular weight is 662 g/mol. The highest BCUT2D eigenvalue weighted by molar-refractivity contribution is 7.16. The number of hydrogen-bond acceptors (Lipinski definition) is 11. The van der Waals surface area contributed by atoms with E-state index in [1.807, 2.05) is 11.8 Å². The number of amides is 1. The molecule has 0 saturated carbocycles. The van der Waals surface area contributed by atoms with E-state index in [1.54, 1.807) is 13.0 Å². The molecular weight excluding hydrogens is 623 g/mol. The number of methoxy groups -OCH3 is 1.